The van der Waals surface area contributed by atoms with Crippen LogP contribution in [0.1, 0.15) is 49.4 Å². The molecule has 1 aromatic heterocycles. The largest absolute Gasteiger partial charge is 0.378 e. The molecular formula is C15H24N2O4. The summed E-state index contributed by atoms with van der Waals surface area (Å²) in [4.78, 5) is 12.1. The monoisotopic (exact) mass is 296 g/mol. The normalized spacial score (nSPS) is 22.5. The molecule has 6 heteroatoms. The van der Waals surface area contributed by atoms with Gasteiger partial charge in [0.15, 0.2) is 11.5 Å². The summed E-state index contributed by atoms with van der Waals surface area (Å²) in [6, 6.07) is 1.75. The molecule has 1 saturated heterocycles. The van der Waals surface area contributed by atoms with Crippen molar-refractivity contribution in [3.05, 3.63) is 17.5 Å². The molecule has 1 N–H and O–H groups in total. The Kier molecular flexibility index (Phi) is 5.76. The molecule has 2 atom stereocenters. The number of nitrogens with zero attached hydrogens (tertiary/aromatic N) is 1. The first-order valence-corrected chi connectivity index (χ1v) is 7.45. The molecule has 0 unspecified atom stereocenters. The predicted molar refractivity (Wildman–Crippen MR) is 76.9 cm³/mol. The second-order valence-electron chi connectivity index (χ2n) is 5.93. The van der Waals surface area contributed by atoms with Crippen LogP contribution in [-0.2, 0) is 16.1 Å². The molecule has 1 aliphatic heterocycles. The van der Waals surface area contributed by atoms with Crippen LogP contribution in [0.4, 0.5) is 0 Å². The molecule has 1 aliphatic rings. The van der Waals surface area contributed by atoms with Gasteiger partial charge in [0.25, 0.3) is 5.91 Å². The van der Waals surface area contributed by atoms with Gasteiger partial charge in [-0.25, -0.2) is 0 Å². The SMILES string of the molecule is COCc1cc(C(=O)N[C@H]2CCO[C@@H](CC(C)C)C2)no1. The molecule has 0 bridgehead atoms. The molecule has 0 aromatic carbocycles. The minimum atomic E-state index is -0.198. The van der Waals surface area contributed by atoms with E-state index in [1.54, 1.807) is 13.2 Å². The maximum Gasteiger partial charge on any atom is 0.273 e. The van der Waals surface area contributed by atoms with E-state index < -0.39 is 0 Å². The third-order valence-electron chi connectivity index (χ3n) is 3.51. The minimum Gasteiger partial charge on any atom is -0.378 e. The molecule has 1 aromatic rings. The number of carbonyl (C=O) groups excluding carboxylic acids is 1. The number of carbonyl (C=O) groups is 1. The number of nitrogens with one attached hydrogen (secondary N) is 1. The van der Waals surface area contributed by atoms with Crippen LogP contribution in [0.15, 0.2) is 10.6 Å². The van der Waals surface area contributed by atoms with Crippen LogP contribution in [0.2, 0.25) is 0 Å². The summed E-state index contributed by atoms with van der Waals surface area (Å²) in [5.74, 6) is 0.945. The Morgan fingerprint density at radius 2 is 2.38 bits per heavy atom. The molecular weight excluding hydrogens is 272 g/mol. The Labute approximate surface area is 125 Å². The average Bonchev–Trinajstić information content (AvgIpc) is 2.87. The standard InChI is InChI=1S/C15H24N2O4/c1-10(2)6-12-7-11(4-5-20-12)16-15(18)14-8-13(9-19-3)21-17-14/h8,10-12H,4-7,9H2,1-3H3,(H,16,18)/t11-,12-/m0/s1. The Hall–Kier alpha value is -1.40. The highest BCUT2D eigenvalue weighted by atomic mass is 16.5. The minimum absolute atomic E-state index is 0.137. The van der Waals surface area contributed by atoms with Crippen molar-refractivity contribution in [1.29, 1.82) is 0 Å². The lowest BCUT2D eigenvalue weighted by molar-refractivity contribution is -0.00851. The van der Waals surface area contributed by atoms with E-state index >= 15 is 0 Å². The molecule has 118 valence electrons. The van der Waals surface area contributed by atoms with Gasteiger partial charge in [-0.05, 0) is 25.2 Å². The molecule has 1 amide bonds. The maximum absolute atomic E-state index is 12.1. The van der Waals surface area contributed by atoms with Gasteiger partial charge in [0.1, 0.15) is 6.61 Å². The van der Waals surface area contributed by atoms with E-state index in [0.29, 0.717) is 30.6 Å². The van der Waals surface area contributed by atoms with E-state index in [2.05, 4.69) is 24.3 Å². The van der Waals surface area contributed by atoms with Gasteiger partial charge in [-0.15, -0.1) is 0 Å². The van der Waals surface area contributed by atoms with Crippen molar-refractivity contribution in [1.82, 2.24) is 10.5 Å². The van der Waals surface area contributed by atoms with E-state index in [0.717, 1.165) is 19.3 Å². The fourth-order valence-corrected chi connectivity index (χ4v) is 2.59. The summed E-state index contributed by atoms with van der Waals surface area (Å²) in [5, 5.41) is 6.78. The topological polar surface area (TPSA) is 73.6 Å². The maximum atomic E-state index is 12.1. The lowest BCUT2D eigenvalue weighted by Gasteiger charge is -2.30. The van der Waals surface area contributed by atoms with Crippen molar-refractivity contribution >= 4 is 5.91 Å². The van der Waals surface area contributed by atoms with Crippen LogP contribution in [0.3, 0.4) is 0 Å². The number of amides is 1. The van der Waals surface area contributed by atoms with E-state index in [1.165, 1.54) is 0 Å². The Bertz CT molecular complexity index is 458. The van der Waals surface area contributed by atoms with Crippen molar-refractivity contribution < 1.29 is 18.8 Å². The molecule has 2 heterocycles. The summed E-state index contributed by atoms with van der Waals surface area (Å²) in [6.45, 7) is 5.36. The van der Waals surface area contributed by atoms with Gasteiger partial charge in [-0.1, -0.05) is 19.0 Å². The van der Waals surface area contributed by atoms with E-state index in [4.69, 9.17) is 14.0 Å². The van der Waals surface area contributed by atoms with Gasteiger partial charge in [0.2, 0.25) is 0 Å². The Morgan fingerprint density at radius 1 is 1.57 bits per heavy atom. The summed E-state index contributed by atoms with van der Waals surface area (Å²) < 4.78 is 15.7. The molecule has 0 saturated carbocycles. The van der Waals surface area contributed by atoms with Gasteiger partial charge in [0, 0.05) is 25.8 Å². The van der Waals surface area contributed by atoms with Crippen LogP contribution in [0.25, 0.3) is 0 Å². The molecule has 2 rings (SSSR count). The molecule has 6 nitrogen and oxygen atoms in total. The number of ether oxygens (including phenoxy) is 2. The summed E-state index contributed by atoms with van der Waals surface area (Å²) in [7, 11) is 1.57. The average molecular weight is 296 g/mol. The highest BCUT2D eigenvalue weighted by molar-refractivity contribution is 5.92. The molecule has 1 fully saturated rings. The van der Waals surface area contributed by atoms with E-state index in [9.17, 15) is 4.79 Å². The first-order valence-electron chi connectivity index (χ1n) is 7.45. The summed E-state index contributed by atoms with van der Waals surface area (Å²) in [5.41, 5.74) is 0.300. The van der Waals surface area contributed by atoms with Crippen molar-refractivity contribution in [2.24, 2.45) is 5.92 Å². The van der Waals surface area contributed by atoms with Gasteiger partial charge < -0.3 is 19.3 Å². The zero-order valence-electron chi connectivity index (χ0n) is 12.9. The van der Waals surface area contributed by atoms with Crippen LogP contribution in [-0.4, -0.2) is 36.9 Å². The van der Waals surface area contributed by atoms with Gasteiger partial charge in [-0.2, -0.15) is 0 Å². The highest BCUT2D eigenvalue weighted by Gasteiger charge is 2.25. The molecule has 0 aliphatic carbocycles. The van der Waals surface area contributed by atoms with Gasteiger partial charge >= 0.3 is 0 Å². The van der Waals surface area contributed by atoms with E-state index in [-0.39, 0.29) is 18.1 Å². The van der Waals surface area contributed by atoms with Crippen molar-refractivity contribution in [3.63, 3.8) is 0 Å². The molecule has 0 radical (unpaired) electrons. The van der Waals surface area contributed by atoms with Gasteiger partial charge in [0.05, 0.1) is 6.10 Å². The zero-order chi connectivity index (χ0) is 15.2. The second kappa shape index (κ2) is 7.56. The Morgan fingerprint density at radius 3 is 3.10 bits per heavy atom. The fraction of sp³-hybridized carbons (Fsp3) is 0.733. The Balaban J connectivity index is 1.86. The van der Waals surface area contributed by atoms with Crippen molar-refractivity contribution in [2.45, 2.75) is 51.9 Å². The first-order chi connectivity index (χ1) is 10.1. The lowest BCUT2D eigenvalue weighted by atomic mass is 9.96. The van der Waals surface area contributed by atoms with E-state index in [1.807, 2.05) is 0 Å². The van der Waals surface area contributed by atoms with Gasteiger partial charge in [-0.3, -0.25) is 4.79 Å². The summed E-state index contributed by atoms with van der Waals surface area (Å²) in [6.07, 6.45) is 2.94. The number of aromatic nitrogens is 1. The number of hydrogen-bond acceptors (Lipinski definition) is 5. The van der Waals surface area contributed by atoms with Crippen LogP contribution in [0, 0.1) is 5.92 Å². The predicted octanol–water partition coefficient (Wildman–Crippen LogP) is 2.14. The molecule has 21 heavy (non-hydrogen) atoms. The lowest BCUT2D eigenvalue weighted by Crippen LogP contribution is -2.42. The number of rotatable bonds is 6. The van der Waals surface area contributed by atoms with Crippen LogP contribution in [0.5, 0.6) is 0 Å². The third kappa shape index (κ3) is 4.82. The first kappa shape index (κ1) is 16.0. The number of methoxy groups -OCH3 is 1. The van der Waals surface area contributed by atoms with Crippen LogP contribution >= 0.6 is 0 Å². The number of hydrogen-bond donors (Lipinski definition) is 1. The van der Waals surface area contributed by atoms with Crippen LogP contribution < -0.4 is 5.32 Å². The third-order valence-corrected chi connectivity index (χ3v) is 3.51. The highest BCUT2D eigenvalue weighted by Crippen LogP contribution is 2.20. The smallest absolute Gasteiger partial charge is 0.273 e. The van der Waals surface area contributed by atoms with Crippen molar-refractivity contribution in [2.75, 3.05) is 13.7 Å². The quantitative estimate of drug-likeness (QED) is 0.870. The van der Waals surface area contributed by atoms with Crippen molar-refractivity contribution in [3.8, 4) is 0 Å². The molecule has 0 spiro atoms. The zero-order valence-corrected chi connectivity index (χ0v) is 12.9. The second-order valence-corrected chi connectivity index (χ2v) is 5.93. The fourth-order valence-electron chi connectivity index (χ4n) is 2.59. The summed E-state index contributed by atoms with van der Waals surface area (Å²) >= 11 is 0.